The fourth-order valence-corrected chi connectivity index (χ4v) is 4.48. The third kappa shape index (κ3) is 6.09. The predicted molar refractivity (Wildman–Crippen MR) is 126 cm³/mol. The second-order valence-electron chi connectivity index (χ2n) is 7.28. The van der Waals surface area contributed by atoms with Crippen LogP contribution >= 0.6 is 11.6 Å². The SMILES string of the molecule is COc1ccc(C(=O)N(C)CCc2ccccc2)cc1S(=O)(=O)NCc1ccc(Cl)cc1. The summed E-state index contributed by atoms with van der Waals surface area (Å²) in [6, 6.07) is 21.1. The number of carbonyl (C=O) groups excluding carboxylic acids is 1. The Hall–Kier alpha value is -2.87. The monoisotopic (exact) mass is 472 g/mol. The molecule has 0 aliphatic carbocycles. The highest BCUT2D eigenvalue weighted by Gasteiger charge is 2.22. The van der Waals surface area contributed by atoms with Gasteiger partial charge in [-0.3, -0.25) is 4.79 Å². The molecular formula is C24H25ClN2O4S. The van der Waals surface area contributed by atoms with Crippen molar-refractivity contribution in [1.82, 2.24) is 9.62 Å². The molecule has 0 aliphatic heterocycles. The van der Waals surface area contributed by atoms with E-state index in [0.717, 1.165) is 11.1 Å². The average molecular weight is 473 g/mol. The van der Waals surface area contributed by atoms with Gasteiger partial charge in [0.15, 0.2) is 0 Å². The fraction of sp³-hybridized carbons (Fsp3) is 0.208. The molecule has 6 nitrogen and oxygen atoms in total. The molecule has 0 aliphatic rings. The summed E-state index contributed by atoms with van der Waals surface area (Å²) >= 11 is 5.88. The number of rotatable bonds is 9. The van der Waals surface area contributed by atoms with Crippen LogP contribution in [0.1, 0.15) is 21.5 Å². The first kappa shape index (κ1) is 23.8. The number of hydrogen-bond acceptors (Lipinski definition) is 4. The van der Waals surface area contributed by atoms with Gasteiger partial charge in [-0.2, -0.15) is 0 Å². The van der Waals surface area contributed by atoms with Crippen LogP contribution in [0.25, 0.3) is 0 Å². The van der Waals surface area contributed by atoms with Crippen LogP contribution in [-0.2, 0) is 23.0 Å². The minimum atomic E-state index is -3.93. The molecule has 168 valence electrons. The van der Waals surface area contributed by atoms with Gasteiger partial charge >= 0.3 is 0 Å². The number of hydrogen-bond donors (Lipinski definition) is 1. The topological polar surface area (TPSA) is 75.7 Å². The molecule has 0 atom stereocenters. The van der Waals surface area contributed by atoms with E-state index in [-0.39, 0.29) is 28.7 Å². The molecule has 0 bridgehead atoms. The number of sulfonamides is 1. The number of likely N-dealkylation sites (N-methyl/N-ethyl adjacent to an activating group) is 1. The Morgan fingerprint density at radius 1 is 1.00 bits per heavy atom. The molecule has 3 rings (SSSR count). The molecule has 0 unspecified atom stereocenters. The van der Waals surface area contributed by atoms with Crippen molar-refractivity contribution in [2.45, 2.75) is 17.9 Å². The van der Waals surface area contributed by atoms with Crippen molar-refractivity contribution >= 4 is 27.5 Å². The molecule has 0 saturated heterocycles. The highest BCUT2D eigenvalue weighted by molar-refractivity contribution is 7.89. The van der Waals surface area contributed by atoms with E-state index in [4.69, 9.17) is 16.3 Å². The van der Waals surface area contributed by atoms with Gasteiger partial charge in [-0.1, -0.05) is 54.1 Å². The highest BCUT2D eigenvalue weighted by Crippen LogP contribution is 2.26. The van der Waals surface area contributed by atoms with Gasteiger partial charge in [0.25, 0.3) is 5.91 Å². The van der Waals surface area contributed by atoms with Crippen molar-refractivity contribution < 1.29 is 17.9 Å². The minimum Gasteiger partial charge on any atom is -0.495 e. The molecule has 3 aromatic carbocycles. The summed E-state index contributed by atoms with van der Waals surface area (Å²) in [5, 5.41) is 0.570. The van der Waals surface area contributed by atoms with Gasteiger partial charge < -0.3 is 9.64 Å². The van der Waals surface area contributed by atoms with E-state index in [2.05, 4.69) is 4.72 Å². The second-order valence-corrected chi connectivity index (χ2v) is 9.45. The first-order valence-corrected chi connectivity index (χ1v) is 11.9. The number of methoxy groups -OCH3 is 1. The fourth-order valence-electron chi connectivity index (χ4n) is 3.14. The summed E-state index contributed by atoms with van der Waals surface area (Å²) in [5.41, 5.74) is 2.15. The zero-order valence-corrected chi connectivity index (χ0v) is 19.5. The van der Waals surface area contributed by atoms with Crippen molar-refractivity contribution in [2.24, 2.45) is 0 Å². The predicted octanol–water partition coefficient (Wildman–Crippen LogP) is 4.14. The molecule has 1 N–H and O–H groups in total. The molecule has 0 fully saturated rings. The maximum Gasteiger partial charge on any atom is 0.253 e. The third-order valence-corrected chi connectivity index (χ3v) is 6.68. The zero-order chi connectivity index (χ0) is 23.1. The maximum atomic E-state index is 13.0. The van der Waals surface area contributed by atoms with Crippen molar-refractivity contribution in [3.05, 3.63) is 94.5 Å². The summed E-state index contributed by atoms with van der Waals surface area (Å²) in [6.07, 6.45) is 0.701. The van der Waals surface area contributed by atoms with E-state index in [1.54, 1.807) is 42.3 Å². The third-order valence-electron chi connectivity index (χ3n) is 5.01. The Balaban J connectivity index is 1.76. The van der Waals surface area contributed by atoms with Crippen LogP contribution in [0.4, 0.5) is 0 Å². The second kappa shape index (κ2) is 10.6. The lowest BCUT2D eigenvalue weighted by molar-refractivity contribution is 0.0796. The van der Waals surface area contributed by atoms with Crippen LogP contribution in [0.15, 0.2) is 77.7 Å². The molecule has 0 aromatic heterocycles. The number of benzene rings is 3. The molecule has 8 heteroatoms. The molecule has 0 saturated carbocycles. The molecule has 3 aromatic rings. The number of ether oxygens (including phenoxy) is 1. The molecule has 0 heterocycles. The summed E-state index contributed by atoms with van der Waals surface area (Å²) in [6.45, 7) is 0.587. The molecule has 0 radical (unpaired) electrons. The van der Waals surface area contributed by atoms with Gasteiger partial charge in [0.2, 0.25) is 10.0 Å². The number of halogens is 1. The first-order chi connectivity index (χ1) is 15.3. The number of carbonyl (C=O) groups is 1. The summed E-state index contributed by atoms with van der Waals surface area (Å²) < 4.78 is 33.7. The Kier molecular flexibility index (Phi) is 7.90. The Bertz CT molecular complexity index is 1170. The molecule has 1 amide bonds. The van der Waals surface area contributed by atoms with E-state index in [9.17, 15) is 13.2 Å². The Morgan fingerprint density at radius 2 is 1.69 bits per heavy atom. The largest absolute Gasteiger partial charge is 0.495 e. The highest BCUT2D eigenvalue weighted by atomic mass is 35.5. The van der Waals surface area contributed by atoms with Crippen LogP contribution in [0.5, 0.6) is 5.75 Å². The van der Waals surface area contributed by atoms with E-state index < -0.39 is 10.0 Å². The van der Waals surface area contributed by atoms with E-state index in [0.29, 0.717) is 18.0 Å². The van der Waals surface area contributed by atoms with E-state index in [1.807, 2.05) is 30.3 Å². The van der Waals surface area contributed by atoms with Crippen LogP contribution in [0.2, 0.25) is 5.02 Å². The maximum absolute atomic E-state index is 13.0. The van der Waals surface area contributed by atoms with Crippen LogP contribution < -0.4 is 9.46 Å². The lowest BCUT2D eigenvalue weighted by atomic mass is 10.1. The average Bonchev–Trinajstić information content (AvgIpc) is 2.82. The van der Waals surface area contributed by atoms with E-state index in [1.165, 1.54) is 19.2 Å². The van der Waals surface area contributed by atoms with Crippen molar-refractivity contribution in [2.75, 3.05) is 20.7 Å². The quantitative estimate of drug-likeness (QED) is 0.507. The number of nitrogens with zero attached hydrogens (tertiary/aromatic N) is 1. The lowest BCUT2D eigenvalue weighted by Crippen LogP contribution is -2.29. The Labute approximate surface area is 193 Å². The van der Waals surface area contributed by atoms with Gasteiger partial charge in [-0.15, -0.1) is 0 Å². The van der Waals surface area contributed by atoms with Crippen LogP contribution in [0.3, 0.4) is 0 Å². The number of amides is 1. The van der Waals surface area contributed by atoms with Gasteiger partial charge in [0.1, 0.15) is 10.6 Å². The lowest BCUT2D eigenvalue weighted by Gasteiger charge is -2.18. The van der Waals surface area contributed by atoms with Gasteiger partial charge in [0.05, 0.1) is 7.11 Å². The first-order valence-electron chi connectivity index (χ1n) is 10.0. The standard InChI is InChI=1S/C24H25ClN2O4S/c1-27(15-14-18-6-4-3-5-7-18)24(28)20-10-13-22(31-2)23(16-20)32(29,30)26-17-19-8-11-21(25)12-9-19/h3-13,16,26H,14-15,17H2,1-2H3. The number of nitrogens with one attached hydrogen (secondary N) is 1. The molecule has 32 heavy (non-hydrogen) atoms. The van der Waals surface area contributed by atoms with E-state index >= 15 is 0 Å². The van der Waals surface area contributed by atoms with Crippen LogP contribution in [-0.4, -0.2) is 39.9 Å². The normalized spacial score (nSPS) is 11.2. The van der Waals surface area contributed by atoms with Crippen molar-refractivity contribution in [3.63, 3.8) is 0 Å². The van der Waals surface area contributed by atoms with Crippen LogP contribution in [0, 0.1) is 0 Å². The van der Waals surface area contributed by atoms with Gasteiger partial charge in [-0.25, -0.2) is 13.1 Å². The zero-order valence-electron chi connectivity index (χ0n) is 17.9. The summed E-state index contributed by atoms with van der Waals surface area (Å²) in [5.74, 6) is -0.102. The smallest absolute Gasteiger partial charge is 0.253 e. The van der Waals surface area contributed by atoms with Crippen molar-refractivity contribution in [1.29, 1.82) is 0 Å². The Morgan fingerprint density at radius 3 is 2.34 bits per heavy atom. The molecule has 0 spiro atoms. The summed E-state index contributed by atoms with van der Waals surface area (Å²) in [4.78, 5) is 14.4. The summed E-state index contributed by atoms with van der Waals surface area (Å²) in [7, 11) is -0.840. The minimum absolute atomic E-state index is 0.0812. The van der Waals surface area contributed by atoms with Crippen molar-refractivity contribution in [3.8, 4) is 5.75 Å². The van der Waals surface area contributed by atoms with Gasteiger partial charge in [0, 0.05) is 30.7 Å². The molecular weight excluding hydrogens is 448 g/mol. The van der Waals surface area contributed by atoms with Gasteiger partial charge in [-0.05, 0) is 47.9 Å².